The van der Waals surface area contributed by atoms with Gasteiger partial charge in [-0.05, 0) is 43.7 Å². The Morgan fingerprint density at radius 1 is 1.15 bits per heavy atom. The Morgan fingerprint density at radius 2 is 1.70 bits per heavy atom. The van der Waals surface area contributed by atoms with E-state index >= 15 is 0 Å². The quantitative estimate of drug-likeness (QED) is 0.889. The third-order valence-corrected chi connectivity index (χ3v) is 4.62. The van der Waals surface area contributed by atoms with Crippen LogP contribution in [0.2, 0.25) is 0 Å². The van der Waals surface area contributed by atoms with Crippen molar-refractivity contribution >= 4 is 0 Å². The summed E-state index contributed by atoms with van der Waals surface area (Å²) in [6, 6.07) is 5.91. The minimum Gasteiger partial charge on any atom is -0.496 e. The van der Waals surface area contributed by atoms with Crippen molar-refractivity contribution in [3.8, 4) is 11.5 Å². The van der Waals surface area contributed by atoms with E-state index in [4.69, 9.17) is 15.2 Å². The summed E-state index contributed by atoms with van der Waals surface area (Å²) < 4.78 is 11.0. The SMILES string of the molecule is CCCC1CCC(N)(c2c(OC)cccc2OC)CC1. The van der Waals surface area contributed by atoms with Crippen molar-refractivity contribution in [2.75, 3.05) is 14.2 Å². The maximum Gasteiger partial charge on any atom is 0.127 e. The van der Waals surface area contributed by atoms with Gasteiger partial charge in [-0.3, -0.25) is 0 Å². The molecular weight excluding hydrogens is 250 g/mol. The van der Waals surface area contributed by atoms with Crippen molar-refractivity contribution in [2.24, 2.45) is 11.7 Å². The van der Waals surface area contributed by atoms with E-state index in [0.29, 0.717) is 0 Å². The monoisotopic (exact) mass is 277 g/mol. The number of nitrogens with two attached hydrogens (primary N) is 1. The van der Waals surface area contributed by atoms with E-state index in [1.807, 2.05) is 18.2 Å². The zero-order chi connectivity index (χ0) is 14.6. The average molecular weight is 277 g/mol. The van der Waals surface area contributed by atoms with Crippen molar-refractivity contribution in [1.82, 2.24) is 0 Å². The van der Waals surface area contributed by atoms with Gasteiger partial charge in [0.15, 0.2) is 0 Å². The first-order valence-electron chi connectivity index (χ1n) is 7.65. The summed E-state index contributed by atoms with van der Waals surface area (Å²) in [6.45, 7) is 2.26. The summed E-state index contributed by atoms with van der Waals surface area (Å²) in [6.07, 6.45) is 7.00. The number of hydrogen-bond donors (Lipinski definition) is 1. The van der Waals surface area contributed by atoms with Crippen LogP contribution in [0.15, 0.2) is 18.2 Å². The van der Waals surface area contributed by atoms with E-state index in [2.05, 4.69) is 6.92 Å². The molecule has 1 aliphatic carbocycles. The molecule has 0 bridgehead atoms. The molecule has 20 heavy (non-hydrogen) atoms. The molecule has 3 heteroatoms. The molecule has 0 heterocycles. The van der Waals surface area contributed by atoms with Gasteiger partial charge in [-0.2, -0.15) is 0 Å². The highest BCUT2D eigenvalue weighted by Crippen LogP contribution is 2.45. The summed E-state index contributed by atoms with van der Waals surface area (Å²) in [5, 5.41) is 0. The van der Waals surface area contributed by atoms with Gasteiger partial charge in [-0.15, -0.1) is 0 Å². The second-order valence-corrected chi connectivity index (χ2v) is 5.93. The topological polar surface area (TPSA) is 44.5 Å². The summed E-state index contributed by atoms with van der Waals surface area (Å²) in [4.78, 5) is 0. The highest BCUT2D eigenvalue weighted by atomic mass is 16.5. The van der Waals surface area contributed by atoms with E-state index < -0.39 is 0 Å². The Bertz CT molecular complexity index is 414. The molecule has 112 valence electrons. The van der Waals surface area contributed by atoms with E-state index in [1.54, 1.807) is 14.2 Å². The van der Waals surface area contributed by atoms with Crippen molar-refractivity contribution in [3.05, 3.63) is 23.8 Å². The molecule has 1 aliphatic rings. The molecular formula is C17H27NO2. The average Bonchev–Trinajstić information content (AvgIpc) is 2.49. The zero-order valence-corrected chi connectivity index (χ0v) is 12.9. The van der Waals surface area contributed by atoms with E-state index in [0.717, 1.165) is 35.8 Å². The van der Waals surface area contributed by atoms with Crippen LogP contribution in [-0.4, -0.2) is 14.2 Å². The van der Waals surface area contributed by atoms with Gasteiger partial charge < -0.3 is 15.2 Å². The summed E-state index contributed by atoms with van der Waals surface area (Å²) in [5.41, 5.74) is 7.46. The van der Waals surface area contributed by atoms with Crippen LogP contribution in [0.3, 0.4) is 0 Å². The van der Waals surface area contributed by atoms with Crippen molar-refractivity contribution in [3.63, 3.8) is 0 Å². The van der Waals surface area contributed by atoms with Gasteiger partial charge in [0.05, 0.1) is 19.8 Å². The van der Waals surface area contributed by atoms with Crippen molar-refractivity contribution < 1.29 is 9.47 Å². The second-order valence-electron chi connectivity index (χ2n) is 5.93. The fraction of sp³-hybridized carbons (Fsp3) is 0.647. The number of benzene rings is 1. The normalized spacial score (nSPS) is 26.3. The maximum atomic E-state index is 6.73. The highest BCUT2D eigenvalue weighted by Gasteiger charge is 2.37. The van der Waals surface area contributed by atoms with Crippen LogP contribution in [0.1, 0.15) is 51.0 Å². The van der Waals surface area contributed by atoms with Crippen LogP contribution in [0, 0.1) is 5.92 Å². The number of hydrogen-bond acceptors (Lipinski definition) is 3. The molecule has 3 nitrogen and oxygen atoms in total. The van der Waals surface area contributed by atoms with Gasteiger partial charge in [0.2, 0.25) is 0 Å². The molecule has 0 spiro atoms. The zero-order valence-electron chi connectivity index (χ0n) is 12.9. The third kappa shape index (κ3) is 2.93. The standard InChI is InChI=1S/C17H27NO2/c1-4-6-13-9-11-17(18,12-10-13)16-14(19-2)7-5-8-15(16)20-3/h5,7-8,13H,4,6,9-12,18H2,1-3H3. The molecule has 1 aromatic rings. The third-order valence-electron chi connectivity index (χ3n) is 4.62. The van der Waals surface area contributed by atoms with Gasteiger partial charge in [0.25, 0.3) is 0 Å². The molecule has 0 radical (unpaired) electrons. The number of rotatable bonds is 5. The number of ether oxygens (including phenoxy) is 2. The van der Waals surface area contributed by atoms with Crippen LogP contribution >= 0.6 is 0 Å². The molecule has 0 aliphatic heterocycles. The van der Waals surface area contributed by atoms with Crippen LogP contribution in [0.4, 0.5) is 0 Å². The van der Waals surface area contributed by atoms with Crippen LogP contribution in [-0.2, 0) is 5.54 Å². The molecule has 0 saturated heterocycles. The molecule has 0 atom stereocenters. The smallest absolute Gasteiger partial charge is 0.127 e. The maximum absolute atomic E-state index is 6.73. The fourth-order valence-electron chi connectivity index (χ4n) is 3.48. The molecule has 0 aromatic heterocycles. The predicted octanol–water partition coefficient (Wildman–Crippen LogP) is 3.85. The highest BCUT2D eigenvalue weighted by molar-refractivity contribution is 5.49. The van der Waals surface area contributed by atoms with E-state index in [1.165, 1.54) is 25.7 Å². The lowest BCUT2D eigenvalue weighted by Gasteiger charge is -2.39. The lowest BCUT2D eigenvalue weighted by molar-refractivity contribution is 0.215. The first kappa shape index (κ1) is 15.2. The van der Waals surface area contributed by atoms with E-state index in [9.17, 15) is 0 Å². The Labute approximate surface area is 122 Å². The molecule has 0 amide bonds. The minimum atomic E-state index is -0.317. The van der Waals surface area contributed by atoms with Crippen LogP contribution in [0.25, 0.3) is 0 Å². The van der Waals surface area contributed by atoms with Gasteiger partial charge in [0.1, 0.15) is 11.5 Å². The molecule has 1 fully saturated rings. The van der Waals surface area contributed by atoms with E-state index in [-0.39, 0.29) is 5.54 Å². The summed E-state index contributed by atoms with van der Waals surface area (Å²) in [7, 11) is 3.40. The number of methoxy groups -OCH3 is 2. The van der Waals surface area contributed by atoms with Crippen molar-refractivity contribution in [2.45, 2.75) is 51.0 Å². The lowest BCUT2D eigenvalue weighted by Crippen LogP contribution is -2.41. The molecule has 1 saturated carbocycles. The molecule has 2 N–H and O–H groups in total. The first-order chi connectivity index (χ1) is 9.64. The van der Waals surface area contributed by atoms with Gasteiger partial charge >= 0.3 is 0 Å². The Balaban J connectivity index is 2.27. The Kier molecular flexibility index (Phi) is 4.92. The second kappa shape index (κ2) is 6.49. The Hall–Kier alpha value is -1.22. The van der Waals surface area contributed by atoms with Crippen LogP contribution < -0.4 is 15.2 Å². The van der Waals surface area contributed by atoms with Crippen molar-refractivity contribution in [1.29, 1.82) is 0 Å². The molecule has 1 aromatic carbocycles. The van der Waals surface area contributed by atoms with Gasteiger partial charge in [-0.25, -0.2) is 0 Å². The van der Waals surface area contributed by atoms with Gasteiger partial charge in [0, 0.05) is 5.54 Å². The summed E-state index contributed by atoms with van der Waals surface area (Å²) in [5.74, 6) is 2.53. The summed E-state index contributed by atoms with van der Waals surface area (Å²) >= 11 is 0. The first-order valence-corrected chi connectivity index (χ1v) is 7.65. The largest absolute Gasteiger partial charge is 0.496 e. The lowest BCUT2D eigenvalue weighted by atomic mass is 9.72. The van der Waals surface area contributed by atoms with Gasteiger partial charge in [-0.1, -0.05) is 25.8 Å². The fourth-order valence-corrected chi connectivity index (χ4v) is 3.48. The molecule has 2 rings (SSSR count). The predicted molar refractivity (Wildman–Crippen MR) is 82.3 cm³/mol. The van der Waals surface area contributed by atoms with Crippen LogP contribution in [0.5, 0.6) is 11.5 Å². The molecule has 0 unspecified atom stereocenters. The minimum absolute atomic E-state index is 0.317. The Morgan fingerprint density at radius 3 is 2.15 bits per heavy atom.